The van der Waals surface area contributed by atoms with Crippen molar-refractivity contribution in [1.29, 1.82) is 0 Å². The Hall–Kier alpha value is 0.0787. The van der Waals surface area contributed by atoms with Crippen LogP contribution in [0.4, 0.5) is 0 Å². The summed E-state index contributed by atoms with van der Waals surface area (Å²) in [5.74, 6) is 0. The van der Waals surface area contributed by atoms with Gasteiger partial charge in [0.1, 0.15) is 6.26 Å². The molecule has 0 aromatic heterocycles. The van der Waals surface area contributed by atoms with Crippen LogP contribution >= 0.6 is 0 Å². The van der Waals surface area contributed by atoms with Gasteiger partial charge >= 0.3 is 0 Å². The van der Waals surface area contributed by atoms with Gasteiger partial charge < -0.3 is 9.47 Å². The van der Waals surface area contributed by atoms with Crippen molar-refractivity contribution < 1.29 is 9.47 Å². The van der Waals surface area contributed by atoms with Crippen LogP contribution < -0.4 is 0 Å². The Labute approximate surface area is 106 Å². The van der Waals surface area contributed by atoms with E-state index in [9.17, 15) is 0 Å². The Morgan fingerprint density at radius 3 is 2.36 bits per heavy atom. The van der Waals surface area contributed by atoms with Gasteiger partial charge in [-0.25, -0.2) is 0 Å². The molecular weight excluding hydrogens is 283 g/mol. The van der Waals surface area contributed by atoms with Gasteiger partial charge in [0, 0.05) is 30.3 Å². The quantitative estimate of drug-likeness (QED) is 0.442. The monoisotopic (exact) mass is 308 g/mol. The largest absolute Gasteiger partial charge is 0.464 e. The zero-order chi connectivity index (χ0) is 7.23. The molecule has 1 atom stereocenters. The maximum absolute atomic E-state index is 5.26. The molecule has 4 radical (unpaired) electrons. The van der Waals surface area contributed by atoms with Gasteiger partial charge in [-0.2, -0.15) is 0 Å². The van der Waals surface area contributed by atoms with Crippen LogP contribution in [-0.2, 0) is 9.47 Å². The molecule has 0 saturated carbocycles. The molecule has 0 aromatic carbocycles. The number of rotatable bonds is 2. The van der Waals surface area contributed by atoms with Gasteiger partial charge in [-0.05, 0) is 12.8 Å². The van der Waals surface area contributed by atoms with Crippen molar-refractivity contribution in [1.82, 2.24) is 0 Å². The molecule has 0 aromatic rings. The maximum atomic E-state index is 5.26. The minimum absolute atomic E-state index is 0. The molecule has 1 aliphatic rings. The molecule has 2 nitrogen and oxygen atoms in total. The number of hydrogen-bond acceptors (Lipinski definition) is 2. The van der Waals surface area contributed by atoms with E-state index in [4.69, 9.17) is 9.47 Å². The van der Waals surface area contributed by atoms with Crippen molar-refractivity contribution in [2.45, 2.75) is 47.8 Å². The molecule has 1 heterocycles. The Balaban J connectivity index is -0.000000125. The molecule has 0 aliphatic carbocycles. The second-order valence-electron chi connectivity index (χ2n) is 2.25. The first-order valence-corrected chi connectivity index (χ1v) is 3.55. The number of hydrogen-bond donors (Lipinski definition) is 0. The van der Waals surface area contributed by atoms with E-state index in [2.05, 4.69) is 12.3 Å². The van der Waals surface area contributed by atoms with Crippen molar-refractivity contribution in [3.63, 3.8) is 0 Å². The molecule has 0 N–H and O–H groups in total. The topological polar surface area (TPSA) is 18.5 Å². The van der Waals surface area contributed by atoms with Crippen LogP contribution in [0.25, 0.3) is 0 Å². The minimum Gasteiger partial charge on any atom is -0.464 e. The fourth-order valence-electron chi connectivity index (χ4n) is 0.943. The van der Waals surface area contributed by atoms with E-state index in [0.717, 1.165) is 19.4 Å². The third kappa shape index (κ3) is 10.2. The van der Waals surface area contributed by atoms with E-state index < -0.39 is 0 Å². The Bertz CT molecular complexity index is 136. The van der Waals surface area contributed by atoms with E-state index in [0.29, 0.717) is 0 Å². The van der Waals surface area contributed by atoms with Crippen molar-refractivity contribution >= 4 is 23.9 Å². The first-order chi connectivity index (χ1) is 4.93. The van der Waals surface area contributed by atoms with Gasteiger partial charge in [0.25, 0.3) is 0 Å². The molecule has 1 fully saturated rings. The molecule has 0 bridgehead atoms. The van der Waals surface area contributed by atoms with E-state index in [1.54, 1.807) is 0 Å². The zero-order valence-corrected chi connectivity index (χ0v) is 9.36. The smallest absolute Gasteiger partial charge is 0.199 e. The Morgan fingerprint density at radius 1 is 1.29 bits per heavy atom. The maximum Gasteiger partial charge on any atom is 0.199 e. The van der Waals surface area contributed by atoms with Crippen molar-refractivity contribution in [3.05, 3.63) is 18.6 Å². The van der Waals surface area contributed by atoms with Crippen LogP contribution in [0.5, 0.6) is 0 Å². The van der Waals surface area contributed by atoms with E-state index >= 15 is 0 Å². The van der Waals surface area contributed by atoms with Crippen LogP contribution in [0, 0.1) is 0 Å². The van der Waals surface area contributed by atoms with Gasteiger partial charge in [0.15, 0.2) is 6.29 Å². The van der Waals surface area contributed by atoms with E-state index in [1.807, 2.05) is 0 Å². The van der Waals surface area contributed by atoms with Crippen molar-refractivity contribution in [3.8, 4) is 0 Å². The predicted molar refractivity (Wildman–Crippen MR) is 64.3 cm³/mol. The third-order valence-corrected chi connectivity index (χ3v) is 1.44. The van der Waals surface area contributed by atoms with Crippen LogP contribution in [0.2, 0.25) is 0 Å². The summed E-state index contributed by atoms with van der Waals surface area (Å²) < 4.78 is 10.4. The summed E-state index contributed by atoms with van der Waals surface area (Å²) in [7, 11) is 0. The molecule has 0 spiro atoms. The molecule has 1 aliphatic heterocycles. The standard InChI is InChI=1S/C8H12O2.3CH4.Sn/c1-2-6-9-8-5-3-4-7-10-8;;;;/h6,8H,1,3-5,7H2;3*1H4;. The zero-order valence-electron chi connectivity index (χ0n) is 6.51. The fraction of sp³-hybridized carbons (Fsp3) is 0.727. The molecule has 1 unspecified atom stereocenters. The van der Waals surface area contributed by atoms with Gasteiger partial charge in [0.05, 0.1) is 6.61 Å². The number of ether oxygens (including phenoxy) is 2. The third-order valence-electron chi connectivity index (χ3n) is 1.44. The van der Waals surface area contributed by atoms with Gasteiger partial charge in [-0.15, -0.1) is 0 Å². The summed E-state index contributed by atoms with van der Waals surface area (Å²) in [6.07, 6.45) is 4.73. The van der Waals surface area contributed by atoms with Crippen LogP contribution in [0.3, 0.4) is 0 Å². The van der Waals surface area contributed by atoms with Crippen LogP contribution in [0.15, 0.2) is 18.6 Å². The Kier molecular flexibility index (Phi) is 26.3. The summed E-state index contributed by atoms with van der Waals surface area (Å²) in [4.78, 5) is 0. The second kappa shape index (κ2) is 15.5. The molecule has 14 heavy (non-hydrogen) atoms. The Morgan fingerprint density at radius 2 is 1.93 bits per heavy atom. The summed E-state index contributed by atoms with van der Waals surface area (Å²) in [6.45, 7) is 4.20. The molecular formula is C11H24O2Sn. The van der Waals surface area contributed by atoms with Crippen LogP contribution in [-0.4, -0.2) is 36.8 Å². The first-order valence-electron chi connectivity index (χ1n) is 3.55. The SMILES string of the molecule is C.C.C.C=C=COC1CCCCO1.[Sn]. The van der Waals surface area contributed by atoms with E-state index in [-0.39, 0.29) is 52.5 Å². The van der Waals surface area contributed by atoms with Gasteiger partial charge in [-0.3, -0.25) is 0 Å². The summed E-state index contributed by atoms with van der Waals surface area (Å²) in [5, 5.41) is 0. The summed E-state index contributed by atoms with van der Waals surface area (Å²) >= 11 is 0. The average Bonchev–Trinajstić information content (AvgIpc) is 2.03. The first kappa shape index (κ1) is 23.7. The van der Waals surface area contributed by atoms with Crippen LogP contribution in [0.1, 0.15) is 41.5 Å². The van der Waals surface area contributed by atoms with Gasteiger partial charge in [0.2, 0.25) is 0 Å². The molecule has 84 valence electrons. The minimum atomic E-state index is -0.0528. The molecule has 1 saturated heterocycles. The fourth-order valence-corrected chi connectivity index (χ4v) is 0.943. The summed E-state index contributed by atoms with van der Waals surface area (Å²) in [6, 6.07) is 0. The van der Waals surface area contributed by atoms with Crippen molar-refractivity contribution in [2.75, 3.05) is 6.61 Å². The molecule has 3 heteroatoms. The molecule has 1 rings (SSSR count). The van der Waals surface area contributed by atoms with E-state index in [1.165, 1.54) is 12.7 Å². The average molecular weight is 307 g/mol. The van der Waals surface area contributed by atoms with Gasteiger partial charge in [-0.1, -0.05) is 34.6 Å². The second-order valence-corrected chi connectivity index (χ2v) is 2.25. The normalized spacial score (nSPS) is 17.9. The molecule has 0 amide bonds. The van der Waals surface area contributed by atoms with Crippen molar-refractivity contribution in [2.24, 2.45) is 0 Å². The summed E-state index contributed by atoms with van der Waals surface area (Å²) in [5.41, 5.74) is 2.54. The predicted octanol–water partition coefficient (Wildman–Crippen LogP) is 3.36.